The lowest BCUT2D eigenvalue weighted by Crippen LogP contribution is -2.27. The largest absolute Gasteiger partial charge is 0.396 e. The number of nitrogens with zero attached hydrogens (tertiary/aromatic N) is 1. The molecule has 1 unspecified atom stereocenters. The van der Waals surface area contributed by atoms with Crippen LogP contribution in [-0.4, -0.2) is 50.0 Å². The van der Waals surface area contributed by atoms with Gasteiger partial charge in [-0.15, -0.1) is 0 Å². The van der Waals surface area contributed by atoms with Gasteiger partial charge in [0.25, 0.3) is 0 Å². The molecular weight excluding hydrogens is 130 g/mol. The fourth-order valence-electron chi connectivity index (χ4n) is 1.17. The van der Waals surface area contributed by atoms with E-state index in [1.165, 1.54) is 0 Å². The zero-order valence-electron chi connectivity index (χ0n) is 6.42. The lowest BCUT2D eigenvalue weighted by atomic mass is 10.2. The molecule has 1 atom stereocenters. The van der Waals surface area contributed by atoms with Crippen LogP contribution in [-0.2, 0) is 4.74 Å². The first-order chi connectivity index (χ1) is 4.83. The summed E-state index contributed by atoms with van der Waals surface area (Å²) in [6, 6.07) is 0. The Balaban J connectivity index is 2.30. The Kier molecular flexibility index (Phi) is 3.12. The lowest BCUT2D eigenvalue weighted by Gasteiger charge is -2.15. The third kappa shape index (κ3) is 2.25. The first kappa shape index (κ1) is 7.98. The molecule has 0 aromatic carbocycles. The fourth-order valence-corrected chi connectivity index (χ4v) is 1.17. The number of ether oxygens (including phenoxy) is 1. The van der Waals surface area contributed by atoms with Gasteiger partial charge in [0.1, 0.15) is 0 Å². The van der Waals surface area contributed by atoms with Crippen molar-refractivity contribution in [3.05, 3.63) is 0 Å². The molecule has 3 nitrogen and oxygen atoms in total. The average Bonchev–Trinajstić information content (AvgIpc) is 2.13. The number of hydrogen-bond acceptors (Lipinski definition) is 3. The van der Waals surface area contributed by atoms with Crippen molar-refractivity contribution in [3.8, 4) is 0 Å². The Morgan fingerprint density at radius 3 is 3.20 bits per heavy atom. The van der Waals surface area contributed by atoms with Gasteiger partial charge in [0.05, 0.1) is 13.2 Å². The number of aliphatic hydroxyl groups excluding tert-OH is 1. The molecule has 1 saturated heterocycles. The van der Waals surface area contributed by atoms with Crippen molar-refractivity contribution in [2.45, 2.75) is 0 Å². The summed E-state index contributed by atoms with van der Waals surface area (Å²) in [4.78, 5) is 2.19. The van der Waals surface area contributed by atoms with Gasteiger partial charge in [-0.1, -0.05) is 0 Å². The summed E-state index contributed by atoms with van der Waals surface area (Å²) in [5.41, 5.74) is 0. The highest BCUT2D eigenvalue weighted by molar-refractivity contribution is 4.65. The minimum atomic E-state index is 0.240. The van der Waals surface area contributed by atoms with E-state index < -0.39 is 0 Å². The van der Waals surface area contributed by atoms with E-state index in [0.29, 0.717) is 12.5 Å². The van der Waals surface area contributed by atoms with E-state index in [1.807, 2.05) is 0 Å². The molecule has 0 bridgehead atoms. The van der Waals surface area contributed by atoms with Crippen LogP contribution in [0.5, 0.6) is 0 Å². The Bertz CT molecular complexity index is 97.6. The minimum absolute atomic E-state index is 0.240. The van der Waals surface area contributed by atoms with E-state index in [-0.39, 0.29) is 6.61 Å². The quantitative estimate of drug-likeness (QED) is 0.543. The molecule has 1 rings (SSSR count). The summed E-state index contributed by atoms with van der Waals surface area (Å²) in [7, 11) is 2.05. The molecule has 0 spiro atoms. The van der Waals surface area contributed by atoms with E-state index in [2.05, 4.69) is 11.9 Å². The Hall–Kier alpha value is -0.120. The zero-order valence-corrected chi connectivity index (χ0v) is 6.42. The molecule has 0 aliphatic carbocycles. The van der Waals surface area contributed by atoms with E-state index in [1.54, 1.807) is 0 Å². The van der Waals surface area contributed by atoms with Crippen LogP contribution < -0.4 is 0 Å². The van der Waals surface area contributed by atoms with Gasteiger partial charge in [-0.3, -0.25) is 0 Å². The molecule has 1 aliphatic rings. The number of aliphatic hydroxyl groups is 1. The van der Waals surface area contributed by atoms with Crippen molar-refractivity contribution in [2.75, 3.05) is 40.0 Å². The van der Waals surface area contributed by atoms with Crippen LogP contribution in [0.2, 0.25) is 0 Å². The molecule has 1 aliphatic heterocycles. The normalized spacial score (nSPS) is 30.0. The van der Waals surface area contributed by atoms with Gasteiger partial charge >= 0.3 is 0 Å². The molecule has 1 heterocycles. The highest BCUT2D eigenvalue weighted by atomic mass is 16.5. The van der Waals surface area contributed by atoms with Crippen LogP contribution in [0.4, 0.5) is 0 Å². The smallest absolute Gasteiger partial charge is 0.0593 e. The van der Waals surface area contributed by atoms with Crippen molar-refractivity contribution in [3.63, 3.8) is 0 Å². The third-order valence-corrected chi connectivity index (χ3v) is 1.80. The first-order valence-corrected chi connectivity index (χ1v) is 3.70. The number of hydrogen-bond donors (Lipinski definition) is 1. The molecule has 0 aromatic heterocycles. The maximum absolute atomic E-state index is 8.83. The van der Waals surface area contributed by atoms with Crippen molar-refractivity contribution in [1.82, 2.24) is 4.90 Å². The van der Waals surface area contributed by atoms with E-state index >= 15 is 0 Å². The third-order valence-electron chi connectivity index (χ3n) is 1.80. The highest BCUT2D eigenvalue weighted by Crippen LogP contribution is 2.03. The lowest BCUT2D eigenvalue weighted by molar-refractivity contribution is 0.0958. The van der Waals surface area contributed by atoms with Gasteiger partial charge in [-0.2, -0.15) is 0 Å². The molecule has 10 heavy (non-hydrogen) atoms. The molecule has 1 N–H and O–H groups in total. The van der Waals surface area contributed by atoms with Gasteiger partial charge < -0.3 is 14.7 Å². The molecule has 3 heteroatoms. The molecule has 1 fully saturated rings. The van der Waals surface area contributed by atoms with Crippen molar-refractivity contribution >= 4 is 0 Å². The Morgan fingerprint density at radius 1 is 1.70 bits per heavy atom. The Morgan fingerprint density at radius 2 is 2.50 bits per heavy atom. The molecule has 0 amide bonds. The monoisotopic (exact) mass is 145 g/mol. The topological polar surface area (TPSA) is 32.7 Å². The van der Waals surface area contributed by atoms with E-state index in [0.717, 1.165) is 19.7 Å². The summed E-state index contributed by atoms with van der Waals surface area (Å²) >= 11 is 0. The molecule has 0 aromatic rings. The summed E-state index contributed by atoms with van der Waals surface area (Å²) < 4.78 is 5.27. The van der Waals surface area contributed by atoms with Gasteiger partial charge in [0.2, 0.25) is 0 Å². The van der Waals surface area contributed by atoms with Gasteiger partial charge in [0.15, 0.2) is 0 Å². The predicted octanol–water partition coefficient (Wildman–Crippen LogP) is -0.443. The van der Waals surface area contributed by atoms with Crippen molar-refractivity contribution in [2.24, 2.45) is 5.92 Å². The van der Waals surface area contributed by atoms with Gasteiger partial charge in [-0.05, 0) is 7.05 Å². The van der Waals surface area contributed by atoms with Crippen LogP contribution in [0.1, 0.15) is 0 Å². The molecule has 60 valence electrons. The maximum Gasteiger partial charge on any atom is 0.0593 e. The van der Waals surface area contributed by atoms with Crippen LogP contribution in [0.25, 0.3) is 0 Å². The fraction of sp³-hybridized carbons (Fsp3) is 1.00. The van der Waals surface area contributed by atoms with Crippen LogP contribution in [0.15, 0.2) is 0 Å². The summed E-state index contributed by atoms with van der Waals surface area (Å²) in [6.07, 6.45) is 0. The predicted molar refractivity (Wildman–Crippen MR) is 38.9 cm³/mol. The van der Waals surface area contributed by atoms with E-state index in [4.69, 9.17) is 9.84 Å². The minimum Gasteiger partial charge on any atom is -0.396 e. The van der Waals surface area contributed by atoms with Crippen LogP contribution in [0.3, 0.4) is 0 Å². The zero-order chi connectivity index (χ0) is 7.40. The standard InChI is InChI=1S/C7H15NO2/c1-8-2-3-10-6-7(4-8)5-9/h7,9H,2-6H2,1H3. The second-order valence-electron chi connectivity index (χ2n) is 2.89. The van der Waals surface area contributed by atoms with Gasteiger partial charge in [0, 0.05) is 25.6 Å². The highest BCUT2D eigenvalue weighted by Gasteiger charge is 2.14. The maximum atomic E-state index is 8.83. The molecule has 0 saturated carbocycles. The van der Waals surface area contributed by atoms with Crippen LogP contribution in [0, 0.1) is 5.92 Å². The SMILES string of the molecule is CN1CCOCC(CO)C1. The summed E-state index contributed by atoms with van der Waals surface area (Å²) in [5, 5.41) is 8.83. The van der Waals surface area contributed by atoms with E-state index in [9.17, 15) is 0 Å². The Labute approximate surface area is 61.6 Å². The number of rotatable bonds is 1. The van der Waals surface area contributed by atoms with Crippen LogP contribution >= 0.6 is 0 Å². The molecule has 0 radical (unpaired) electrons. The summed E-state index contributed by atoms with van der Waals surface area (Å²) in [5.74, 6) is 0.312. The number of likely N-dealkylation sites (N-methyl/N-ethyl adjacent to an activating group) is 1. The summed E-state index contributed by atoms with van der Waals surface area (Å²) in [6.45, 7) is 3.69. The van der Waals surface area contributed by atoms with Gasteiger partial charge in [-0.25, -0.2) is 0 Å². The second-order valence-corrected chi connectivity index (χ2v) is 2.89. The second kappa shape index (κ2) is 3.91. The first-order valence-electron chi connectivity index (χ1n) is 3.70. The van der Waals surface area contributed by atoms with Crippen molar-refractivity contribution in [1.29, 1.82) is 0 Å². The average molecular weight is 145 g/mol. The molecular formula is C7H15NO2. The van der Waals surface area contributed by atoms with Crippen molar-refractivity contribution < 1.29 is 9.84 Å².